The Bertz CT molecular complexity index is 234. The molecular weight excluding hydrogens is 204 g/mol. The summed E-state index contributed by atoms with van der Waals surface area (Å²) in [7, 11) is 8.21. The van der Waals surface area contributed by atoms with Crippen molar-refractivity contribution in [1.82, 2.24) is 4.90 Å². The number of amides is 1. The van der Waals surface area contributed by atoms with Gasteiger partial charge >= 0.3 is 0 Å². The van der Waals surface area contributed by atoms with Crippen LogP contribution in [0, 0.1) is 5.92 Å². The summed E-state index contributed by atoms with van der Waals surface area (Å²) in [4.78, 5) is 23.8. The van der Waals surface area contributed by atoms with E-state index in [4.69, 9.17) is 0 Å². The third-order valence-corrected chi connectivity index (χ3v) is 2.48. The van der Waals surface area contributed by atoms with Gasteiger partial charge in [-0.15, -0.1) is 0 Å². The normalized spacial score (nSPS) is 13.3. The fourth-order valence-electron chi connectivity index (χ4n) is 1.39. The molecule has 0 saturated heterocycles. The van der Waals surface area contributed by atoms with Gasteiger partial charge in [-0.1, -0.05) is 6.92 Å². The molecule has 0 saturated carbocycles. The van der Waals surface area contributed by atoms with Gasteiger partial charge in [0.2, 0.25) is 5.91 Å². The smallest absolute Gasteiger partial charge is 0.223 e. The number of hydrogen-bond acceptors (Lipinski definition) is 2. The highest BCUT2D eigenvalue weighted by Gasteiger charge is 2.14. The number of hydrogen-bond donors (Lipinski definition) is 0. The highest BCUT2D eigenvalue weighted by atomic mass is 16.2. The molecule has 0 radical (unpaired) electrons. The molecule has 1 unspecified atom stereocenters. The average Bonchev–Trinajstić information content (AvgIpc) is 2.15. The molecule has 0 aliphatic carbocycles. The molecule has 4 nitrogen and oxygen atoms in total. The Morgan fingerprint density at radius 1 is 1.38 bits per heavy atom. The summed E-state index contributed by atoms with van der Waals surface area (Å²) >= 11 is 0. The summed E-state index contributed by atoms with van der Waals surface area (Å²) < 4.78 is 0.909. The third kappa shape index (κ3) is 7.40. The van der Waals surface area contributed by atoms with E-state index in [-0.39, 0.29) is 11.8 Å². The third-order valence-electron chi connectivity index (χ3n) is 2.48. The minimum Gasteiger partial charge on any atom is -0.346 e. The molecule has 0 rings (SSSR count). The molecule has 0 spiro atoms. The average molecular weight is 229 g/mol. The van der Waals surface area contributed by atoms with Crippen LogP contribution >= 0.6 is 0 Å². The van der Waals surface area contributed by atoms with E-state index in [2.05, 4.69) is 21.1 Å². The zero-order valence-electron chi connectivity index (χ0n) is 11.2. The molecule has 0 bridgehead atoms. The minimum atomic E-state index is -0.173. The van der Waals surface area contributed by atoms with Gasteiger partial charge < -0.3 is 14.2 Å². The van der Waals surface area contributed by atoms with E-state index in [9.17, 15) is 9.59 Å². The van der Waals surface area contributed by atoms with Gasteiger partial charge in [0, 0.05) is 32.4 Å². The molecule has 0 aromatic rings. The highest BCUT2D eigenvalue weighted by molar-refractivity contribution is 5.78. The van der Waals surface area contributed by atoms with Gasteiger partial charge in [-0.2, -0.15) is 0 Å². The predicted octanol–water partition coefficient (Wildman–Crippen LogP) is 0.766. The predicted molar refractivity (Wildman–Crippen MR) is 65.0 cm³/mol. The fraction of sp³-hybridized carbons (Fsp3) is 0.833. The largest absolute Gasteiger partial charge is 0.346 e. The van der Waals surface area contributed by atoms with Crippen molar-refractivity contribution in [2.75, 3.05) is 41.3 Å². The molecular formula is C12H25N2O2+. The molecule has 1 atom stereocenters. The van der Waals surface area contributed by atoms with Gasteiger partial charge in [0.05, 0.1) is 27.7 Å². The molecule has 0 aliphatic rings. The van der Waals surface area contributed by atoms with Gasteiger partial charge in [0.25, 0.3) is 0 Å². The summed E-state index contributed by atoms with van der Waals surface area (Å²) in [6.45, 7) is 3.57. The van der Waals surface area contributed by atoms with Gasteiger partial charge in [0.15, 0.2) is 0 Å². The Kier molecular flexibility index (Phi) is 6.26. The summed E-state index contributed by atoms with van der Waals surface area (Å²) in [6.07, 6.45) is 2.14. The lowest BCUT2D eigenvalue weighted by Gasteiger charge is -2.25. The van der Waals surface area contributed by atoms with Crippen LogP contribution in [0.15, 0.2) is 0 Å². The molecule has 0 N–H and O–H groups in total. The van der Waals surface area contributed by atoms with Crippen molar-refractivity contribution in [1.29, 1.82) is 0 Å². The molecule has 0 aromatic carbocycles. The van der Waals surface area contributed by atoms with Crippen molar-refractivity contribution in [2.24, 2.45) is 5.92 Å². The molecule has 94 valence electrons. The lowest BCUT2D eigenvalue weighted by atomic mass is 10.1. The van der Waals surface area contributed by atoms with Crippen LogP contribution in [-0.2, 0) is 9.59 Å². The lowest BCUT2D eigenvalue weighted by Crippen LogP contribution is -2.38. The van der Waals surface area contributed by atoms with E-state index in [1.54, 1.807) is 18.9 Å². The van der Waals surface area contributed by atoms with Gasteiger partial charge in [0.1, 0.15) is 6.29 Å². The summed E-state index contributed by atoms with van der Waals surface area (Å²) in [5.74, 6) is -0.116. The van der Waals surface area contributed by atoms with Crippen LogP contribution in [-0.4, -0.2) is 62.9 Å². The van der Waals surface area contributed by atoms with Crippen molar-refractivity contribution in [2.45, 2.75) is 19.8 Å². The van der Waals surface area contributed by atoms with Crippen LogP contribution in [0.2, 0.25) is 0 Å². The monoisotopic (exact) mass is 229 g/mol. The van der Waals surface area contributed by atoms with E-state index < -0.39 is 0 Å². The van der Waals surface area contributed by atoms with Crippen molar-refractivity contribution >= 4 is 12.2 Å². The first-order chi connectivity index (χ1) is 7.26. The standard InChI is InChI=1S/C12H25N2O2/c1-11(10-15)9-12(16)13(2)7-6-8-14(3,4)5/h10-11H,6-9H2,1-5H3/q+1. The summed E-state index contributed by atoms with van der Waals surface area (Å²) in [6, 6.07) is 0. The van der Waals surface area contributed by atoms with Crippen LogP contribution in [0.4, 0.5) is 0 Å². The Morgan fingerprint density at radius 2 is 1.94 bits per heavy atom. The van der Waals surface area contributed by atoms with Gasteiger partial charge in [-0.25, -0.2) is 0 Å². The second-order valence-electron chi connectivity index (χ2n) is 5.50. The van der Waals surface area contributed by atoms with E-state index in [0.717, 1.165) is 30.3 Å². The topological polar surface area (TPSA) is 37.4 Å². The molecule has 16 heavy (non-hydrogen) atoms. The summed E-state index contributed by atoms with van der Waals surface area (Å²) in [5, 5.41) is 0. The Morgan fingerprint density at radius 3 is 2.38 bits per heavy atom. The number of nitrogens with zero attached hydrogens (tertiary/aromatic N) is 2. The number of quaternary nitrogens is 1. The SMILES string of the molecule is CC(C=O)CC(=O)N(C)CCC[N+](C)(C)C. The quantitative estimate of drug-likeness (QED) is 0.477. The Hall–Kier alpha value is -0.900. The zero-order valence-corrected chi connectivity index (χ0v) is 11.2. The number of carbonyl (C=O) groups excluding carboxylic acids is 2. The van der Waals surface area contributed by atoms with Crippen molar-refractivity contribution in [3.8, 4) is 0 Å². The Balaban J connectivity index is 3.84. The lowest BCUT2D eigenvalue weighted by molar-refractivity contribution is -0.870. The number of aldehydes is 1. The molecule has 0 aliphatic heterocycles. The first-order valence-corrected chi connectivity index (χ1v) is 5.76. The first-order valence-electron chi connectivity index (χ1n) is 5.76. The van der Waals surface area contributed by atoms with Gasteiger partial charge in [-0.3, -0.25) is 4.79 Å². The molecule has 4 heteroatoms. The minimum absolute atomic E-state index is 0.0565. The molecule has 1 amide bonds. The number of carbonyl (C=O) groups is 2. The van der Waals surface area contributed by atoms with Crippen molar-refractivity contribution in [3.05, 3.63) is 0 Å². The van der Waals surface area contributed by atoms with E-state index >= 15 is 0 Å². The van der Waals surface area contributed by atoms with E-state index in [1.807, 2.05) is 0 Å². The van der Waals surface area contributed by atoms with Crippen LogP contribution in [0.5, 0.6) is 0 Å². The van der Waals surface area contributed by atoms with Gasteiger partial charge in [-0.05, 0) is 0 Å². The zero-order chi connectivity index (χ0) is 12.8. The van der Waals surface area contributed by atoms with Crippen LogP contribution in [0.3, 0.4) is 0 Å². The maximum absolute atomic E-state index is 11.6. The van der Waals surface area contributed by atoms with E-state index in [1.165, 1.54) is 0 Å². The van der Waals surface area contributed by atoms with Crippen molar-refractivity contribution < 1.29 is 14.1 Å². The highest BCUT2D eigenvalue weighted by Crippen LogP contribution is 2.03. The fourth-order valence-corrected chi connectivity index (χ4v) is 1.39. The second kappa shape index (κ2) is 6.63. The molecule has 0 aromatic heterocycles. The van der Waals surface area contributed by atoms with Crippen LogP contribution in [0.1, 0.15) is 19.8 Å². The van der Waals surface area contributed by atoms with Crippen molar-refractivity contribution in [3.63, 3.8) is 0 Å². The molecule has 0 fully saturated rings. The second-order valence-corrected chi connectivity index (χ2v) is 5.50. The summed E-state index contributed by atoms with van der Waals surface area (Å²) in [5.41, 5.74) is 0. The van der Waals surface area contributed by atoms with Crippen LogP contribution < -0.4 is 0 Å². The maximum atomic E-state index is 11.6. The van der Waals surface area contributed by atoms with E-state index in [0.29, 0.717) is 6.42 Å². The number of rotatable bonds is 7. The Labute approximate surface area is 98.8 Å². The first kappa shape index (κ1) is 15.1. The van der Waals surface area contributed by atoms with Crippen LogP contribution in [0.25, 0.3) is 0 Å². The maximum Gasteiger partial charge on any atom is 0.223 e. The molecule has 0 heterocycles.